The number of hydrogen-bond donors (Lipinski definition) is 2. The highest BCUT2D eigenvalue weighted by atomic mass is 16.1. The van der Waals surface area contributed by atoms with E-state index in [1.165, 1.54) is 12.8 Å². The second-order valence-corrected chi connectivity index (χ2v) is 5.21. The summed E-state index contributed by atoms with van der Waals surface area (Å²) in [6.45, 7) is 5.28. The predicted molar refractivity (Wildman–Crippen MR) is 60.5 cm³/mol. The van der Waals surface area contributed by atoms with Crippen molar-refractivity contribution in [1.29, 1.82) is 0 Å². The van der Waals surface area contributed by atoms with Crippen LogP contribution in [-0.2, 0) is 4.79 Å². The molecule has 0 aromatic carbocycles. The molecule has 0 aromatic heterocycles. The minimum atomic E-state index is 0.238. The van der Waals surface area contributed by atoms with Crippen molar-refractivity contribution in [1.82, 2.24) is 10.6 Å². The van der Waals surface area contributed by atoms with Crippen molar-refractivity contribution in [3.63, 3.8) is 0 Å². The number of piperidine rings is 1. The Morgan fingerprint density at radius 2 is 2.13 bits per heavy atom. The van der Waals surface area contributed by atoms with Gasteiger partial charge in [-0.15, -0.1) is 0 Å². The Kier molecular flexibility index (Phi) is 3.29. The first kappa shape index (κ1) is 10.9. The van der Waals surface area contributed by atoms with E-state index in [1.807, 2.05) is 0 Å². The van der Waals surface area contributed by atoms with Gasteiger partial charge < -0.3 is 10.6 Å². The molecule has 3 unspecified atom stereocenters. The molecule has 2 rings (SSSR count). The molecular formula is C12H22N2O. The van der Waals surface area contributed by atoms with E-state index in [1.54, 1.807) is 0 Å². The van der Waals surface area contributed by atoms with E-state index in [2.05, 4.69) is 24.5 Å². The van der Waals surface area contributed by atoms with Crippen LogP contribution < -0.4 is 10.6 Å². The molecule has 1 heterocycles. The molecule has 1 aliphatic carbocycles. The Labute approximate surface area is 92.0 Å². The van der Waals surface area contributed by atoms with Gasteiger partial charge in [0.05, 0.1) is 0 Å². The molecular weight excluding hydrogens is 188 g/mol. The molecule has 2 aliphatic rings. The summed E-state index contributed by atoms with van der Waals surface area (Å²) in [5.41, 5.74) is 0. The lowest BCUT2D eigenvalue weighted by Crippen LogP contribution is -2.45. The number of rotatable bonds is 3. The summed E-state index contributed by atoms with van der Waals surface area (Å²) < 4.78 is 0. The molecule has 1 saturated carbocycles. The smallest absolute Gasteiger partial charge is 0.223 e. The predicted octanol–water partition coefficient (Wildman–Crippen LogP) is 1.29. The molecule has 2 fully saturated rings. The van der Waals surface area contributed by atoms with Crippen LogP contribution in [0.1, 0.15) is 39.5 Å². The maximum absolute atomic E-state index is 11.9. The van der Waals surface area contributed by atoms with E-state index in [0.717, 1.165) is 25.3 Å². The van der Waals surface area contributed by atoms with Crippen LogP contribution in [0.25, 0.3) is 0 Å². The maximum atomic E-state index is 11.9. The van der Waals surface area contributed by atoms with Gasteiger partial charge in [-0.2, -0.15) is 0 Å². The standard InChI is InChI=1S/C12H22N2O/c1-8-7-11(5-6-13-8)12(15)14-9(2)10-3-4-10/h8-11,13H,3-7H2,1-2H3,(H,14,15). The molecule has 86 valence electrons. The molecule has 0 spiro atoms. The van der Waals surface area contributed by atoms with Gasteiger partial charge in [-0.1, -0.05) is 0 Å². The van der Waals surface area contributed by atoms with Crippen molar-refractivity contribution >= 4 is 5.91 Å². The number of hydrogen-bond acceptors (Lipinski definition) is 2. The van der Waals surface area contributed by atoms with Crippen LogP contribution in [0.4, 0.5) is 0 Å². The second kappa shape index (κ2) is 4.52. The van der Waals surface area contributed by atoms with Crippen LogP contribution in [-0.4, -0.2) is 24.5 Å². The first-order chi connectivity index (χ1) is 7.16. The number of amides is 1. The van der Waals surface area contributed by atoms with Crippen LogP contribution in [0.2, 0.25) is 0 Å². The highest BCUT2D eigenvalue weighted by Crippen LogP contribution is 2.32. The van der Waals surface area contributed by atoms with Crippen molar-refractivity contribution in [2.75, 3.05) is 6.54 Å². The summed E-state index contributed by atoms with van der Waals surface area (Å²) in [6.07, 6.45) is 4.57. The average Bonchev–Trinajstić information content (AvgIpc) is 3.00. The third kappa shape index (κ3) is 2.94. The zero-order chi connectivity index (χ0) is 10.8. The minimum Gasteiger partial charge on any atom is -0.353 e. The van der Waals surface area contributed by atoms with Crippen LogP contribution in [0.15, 0.2) is 0 Å². The fraction of sp³-hybridized carbons (Fsp3) is 0.917. The van der Waals surface area contributed by atoms with Gasteiger partial charge in [0.15, 0.2) is 0 Å². The van der Waals surface area contributed by atoms with Crippen LogP contribution in [0.5, 0.6) is 0 Å². The summed E-state index contributed by atoms with van der Waals surface area (Å²) in [5, 5.41) is 6.54. The van der Waals surface area contributed by atoms with Gasteiger partial charge in [-0.05, 0) is 52.0 Å². The molecule has 0 aromatic rings. The molecule has 1 aliphatic heterocycles. The van der Waals surface area contributed by atoms with E-state index in [9.17, 15) is 4.79 Å². The van der Waals surface area contributed by atoms with Crippen molar-refractivity contribution in [2.45, 2.75) is 51.6 Å². The quantitative estimate of drug-likeness (QED) is 0.737. The molecule has 0 bridgehead atoms. The van der Waals surface area contributed by atoms with Gasteiger partial charge >= 0.3 is 0 Å². The van der Waals surface area contributed by atoms with Crippen LogP contribution in [0.3, 0.4) is 0 Å². The van der Waals surface area contributed by atoms with Gasteiger partial charge in [-0.3, -0.25) is 4.79 Å². The average molecular weight is 210 g/mol. The van der Waals surface area contributed by atoms with Crippen molar-refractivity contribution in [3.8, 4) is 0 Å². The van der Waals surface area contributed by atoms with E-state index in [0.29, 0.717) is 12.1 Å². The van der Waals surface area contributed by atoms with Crippen molar-refractivity contribution < 1.29 is 4.79 Å². The SMILES string of the molecule is CC1CC(C(=O)NC(C)C2CC2)CCN1. The highest BCUT2D eigenvalue weighted by Gasteiger charge is 2.31. The molecule has 15 heavy (non-hydrogen) atoms. The van der Waals surface area contributed by atoms with E-state index in [-0.39, 0.29) is 11.8 Å². The Hall–Kier alpha value is -0.570. The van der Waals surface area contributed by atoms with E-state index in [4.69, 9.17) is 0 Å². The lowest BCUT2D eigenvalue weighted by Gasteiger charge is -2.28. The topological polar surface area (TPSA) is 41.1 Å². The fourth-order valence-corrected chi connectivity index (χ4v) is 2.43. The van der Waals surface area contributed by atoms with Gasteiger partial charge in [-0.25, -0.2) is 0 Å². The molecule has 3 nitrogen and oxygen atoms in total. The third-order valence-electron chi connectivity index (χ3n) is 3.69. The summed E-state index contributed by atoms with van der Waals surface area (Å²) in [7, 11) is 0. The summed E-state index contributed by atoms with van der Waals surface area (Å²) in [4.78, 5) is 11.9. The van der Waals surface area contributed by atoms with Crippen LogP contribution >= 0.6 is 0 Å². The van der Waals surface area contributed by atoms with Crippen molar-refractivity contribution in [3.05, 3.63) is 0 Å². The number of nitrogens with one attached hydrogen (secondary N) is 2. The number of carbonyl (C=O) groups excluding carboxylic acids is 1. The molecule has 3 heteroatoms. The Morgan fingerprint density at radius 1 is 1.40 bits per heavy atom. The van der Waals surface area contributed by atoms with Crippen LogP contribution in [0, 0.1) is 11.8 Å². The normalized spacial score (nSPS) is 33.5. The van der Waals surface area contributed by atoms with Gasteiger partial charge in [0.25, 0.3) is 0 Å². The van der Waals surface area contributed by atoms with Crippen molar-refractivity contribution in [2.24, 2.45) is 11.8 Å². The molecule has 1 amide bonds. The first-order valence-corrected chi connectivity index (χ1v) is 6.20. The zero-order valence-electron chi connectivity index (χ0n) is 9.75. The lowest BCUT2D eigenvalue weighted by molar-refractivity contribution is -0.126. The van der Waals surface area contributed by atoms with Gasteiger partial charge in [0, 0.05) is 18.0 Å². The monoisotopic (exact) mass is 210 g/mol. The Morgan fingerprint density at radius 3 is 2.73 bits per heavy atom. The minimum absolute atomic E-state index is 0.238. The van der Waals surface area contributed by atoms with E-state index < -0.39 is 0 Å². The number of carbonyl (C=O) groups is 1. The first-order valence-electron chi connectivity index (χ1n) is 6.20. The summed E-state index contributed by atoms with van der Waals surface area (Å²) in [5.74, 6) is 1.28. The largest absolute Gasteiger partial charge is 0.353 e. The zero-order valence-corrected chi connectivity index (χ0v) is 9.75. The maximum Gasteiger partial charge on any atom is 0.223 e. The molecule has 1 saturated heterocycles. The van der Waals surface area contributed by atoms with Gasteiger partial charge in [0.1, 0.15) is 0 Å². The highest BCUT2D eigenvalue weighted by molar-refractivity contribution is 5.79. The second-order valence-electron chi connectivity index (χ2n) is 5.21. The molecule has 3 atom stereocenters. The fourth-order valence-electron chi connectivity index (χ4n) is 2.43. The van der Waals surface area contributed by atoms with E-state index >= 15 is 0 Å². The Balaban J connectivity index is 1.78. The molecule has 2 N–H and O–H groups in total. The summed E-state index contributed by atoms with van der Waals surface area (Å²) in [6, 6.07) is 0.883. The molecule has 0 radical (unpaired) electrons. The summed E-state index contributed by atoms with van der Waals surface area (Å²) >= 11 is 0. The van der Waals surface area contributed by atoms with Gasteiger partial charge in [0.2, 0.25) is 5.91 Å². The Bertz CT molecular complexity index is 238. The third-order valence-corrected chi connectivity index (χ3v) is 3.69. The lowest BCUT2D eigenvalue weighted by atomic mass is 9.92.